The highest BCUT2D eigenvalue weighted by molar-refractivity contribution is 5.97. The molecule has 0 aliphatic rings. The number of oxime groups is 1. The van der Waals surface area contributed by atoms with Crippen LogP contribution in [0.15, 0.2) is 23.4 Å². The zero-order valence-electron chi connectivity index (χ0n) is 11.5. The number of hydrogen-bond donors (Lipinski definition) is 3. The number of benzene rings is 1. The zero-order valence-corrected chi connectivity index (χ0v) is 11.5. The third-order valence-corrected chi connectivity index (χ3v) is 2.87. The first-order valence-electron chi connectivity index (χ1n) is 6.16. The first-order chi connectivity index (χ1) is 9.53. The van der Waals surface area contributed by atoms with Crippen LogP contribution in [-0.2, 0) is 0 Å². The lowest BCUT2D eigenvalue weighted by Crippen LogP contribution is -2.34. The van der Waals surface area contributed by atoms with Crippen molar-refractivity contribution in [3.8, 4) is 11.5 Å². The summed E-state index contributed by atoms with van der Waals surface area (Å²) in [6.45, 7) is 2.56. The maximum Gasteiger partial charge on any atom is 0.257 e. The van der Waals surface area contributed by atoms with Crippen LogP contribution < -0.4 is 10.5 Å². The normalized spacial score (nSPS) is 11.2. The molecule has 0 fully saturated rings. The molecule has 0 radical (unpaired) electrons. The highest BCUT2D eigenvalue weighted by atomic mass is 16.5. The summed E-state index contributed by atoms with van der Waals surface area (Å²) in [5.41, 5.74) is 5.57. The van der Waals surface area contributed by atoms with E-state index in [2.05, 4.69) is 5.16 Å². The number of phenols is 1. The molecule has 1 amide bonds. The lowest BCUT2D eigenvalue weighted by molar-refractivity contribution is 0.0765. The molecule has 1 aromatic rings. The van der Waals surface area contributed by atoms with E-state index in [1.807, 2.05) is 6.92 Å². The fraction of sp³-hybridized carbons (Fsp3) is 0.385. The molecule has 0 unspecified atom stereocenters. The Morgan fingerprint density at radius 1 is 1.50 bits per heavy atom. The number of phenolic OH excluding ortho intramolecular Hbond substituents is 1. The van der Waals surface area contributed by atoms with Crippen molar-refractivity contribution in [1.82, 2.24) is 4.90 Å². The lowest BCUT2D eigenvalue weighted by Gasteiger charge is -2.21. The molecule has 1 aromatic carbocycles. The smallest absolute Gasteiger partial charge is 0.257 e. The molecule has 4 N–H and O–H groups in total. The molecule has 0 atom stereocenters. The van der Waals surface area contributed by atoms with Crippen molar-refractivity contribution in [2.24, 2.45) is 10.9 Å². The summed E-state index contributed by atoms with van der Waals surface area (Å²) in [7, 11) is 1.48. The monoisotopic (exact) mass is 281 g/mol. The number of nitrogens with zero attached hydrogens (tertiary/aromatic N) is 2. The summed E-state index contributed by atoms with van der Waals surface area (Å²) in [5.74, 6) is 0.0592. The second-order valence-corrected chi connectivity index (χ2v) is 4.11. The lowest BCUT2D eigenvalue weighted by atomic mass is 10.1. The second-order valence-electron chi connectivity index (χ2n) is 4.11. The molecule has 0 aromatic heterocycles. The van der Waals surface area contributed by atoms with Crippen molar-refractivity contribution in [2.45, 2.75) is 13.3 Å². The van der Waals surface area contributed by atoms with E-state index in [0.29, 0.717) is 18.8 Å². The Balaban J connectivity index is 2.85. The average molecular weight is 281 g/mol. The molecular formula is C13H19N3O4. The number of carbonyl (C=O) groups excluding carboxylic acids is 1. The topological polar surface area (TPSA) is 108 Å². The number of ether oxygens (including phenoxy) is 1. The standard InChI is InChI=1S/C13H19N3O4/c1-3-16(7-6-12(14)15-19)13(18)10-5-4-9(20-2)8-11(10)17/h4-5,8,17,19H,3,6-7H2,1-2H3,(H2,14,15). The molecule has 110 valence electrons. The third kappa shape index (κ3) is 3.78. The first-order valence-corrected chi connectivity index (χ1v) is 6.16. The van der Waals surface area contributed by atoms with Gasteiger partial charge in [0, 0.05) is 25.6 Å². The fourth-order valence-corrected chi connectivity index (χ4v) is 1.69. The molecule has 1 rings (SSSR count). The van der Waals surface area contributed by atoms with Gasteiger partial charge in [-0.25, -0.2) is 0 Å². The molecular weight excluding hydrogens is 262 g/mol. The van der Waals surface area contributed by atoms with Gasteiger partial charge >= 0.3 is 0 Å². The van der Waals surface area contributed by atoms with E-state index < -0.39 is 0 Å². The number of methoxy groups -OCH3 is 1. The van der Waals surface area contributed by atoms with Crippen LogP contribution >= 0.6 is 0 Å². The van der Waals surface area contributed by atoms with Crippen molar-refractivity contribution < 1.29 is 19.8 Å². The van der Waals surface area contributed by atoms with Gasteiger partial charge in [-0.3, -0.25) is 4.79 Å². The minimum atomic E-state index is -0.321. The van der Waals surface area contributed by atoms with Crippen LogP contribution in [0.1, 0.15) is 23.7 Å². The van der Waals surface area contributed by atoms with Crippen molar-refractivity contribution in [3.05, 3.63) is 23.8 Å². The van der Waals surface area contributed by atoms with Crippen molar-refractivity contribution in [3.63, 3.8) is 0 Å². The van der Waals surface area contributed by atoms with E-state index in [1.165, 1.54) is 24.1 Å². The zero-order chi connectivity index (χ0) is 15.1. The van der Waals surface area contributed by atoms with Crippen LogP contribution in [0.2, 0.25) is 0 Å². The number of nitrogens with two attached hydrogens (primary N) is 1. The van der Waals surface area contributed by atoms with Crippen LogP contribution in [0.5, 0.6) is 11.5 Å². The molecule has 0 aliphatic carbocycles. The minimum Gasteiger partial charge on any atom is -0.507 e. The van der Waals surface area contributed by atoms with Crippen LogP contribution in [-0.4, -0.2) is 47.2 Å². The van der Waals surface area contributed by atoms with Crippen molar-refractivity contribution >= 4 is 11.7 Å². The average Bonchev–Trinajstić information content (AvgIpc) is 2.46. The summed E-state index contributed by atoms with van der Waals surface area (Å²) in [4.78, 5) is 13.8. The summed E-state index contributed by atoms with van der Waals surface area (Å²) in [6.07, 6.45) is 0.257. The maximum atomic E-state index is 12.3. The summed E-state index contributed by atoms with van der Waals surface area (Å²) in [5, 5.41) is 21.2. The Labute approximate surface area is 117 Å². The molecule has 7 heteroatoms. The SMILES string of the molecule is CCN(CCC(N)=NO)C(=O)c1ccc(OC)cc1O. The second kappa shape index (κ2) is 7.22. The molecule has 20 heavy (non-hydrogen) atoms. The third-order valence-electron chi connectivity index (χ3n) is 2.87. The van der Waals surface area contributed by atoms with E-state index in [9.17, 15) is 9.90 Å². The van der Waals surface area contributed by atoms with Crippen LogP contribution in [0.4, 0.5) is 0 Å². The fourth-order valence-electron chi connectivity index (χ4n) is 1.69. The van der Waals surface area contributed by atoms with Gasteiger partial charge in [-0.15, -0.1) is 0 Å². The van der Waals surface area contributed by atoms with Gasteiger partial charge in [0.15, 0.2) is 0 Å². The van der Waals surface area contributed by atoms with E-state index in [1.54, 1.807) is 6.07 Å². The Kier molecular flexibility index (Phi) is 5.64. The van der Waals surface area contributed by atoms with Gasteiger partial charge < -0.3 is 25.7 Å². The van der Waals surface area contributed by atoms with Gasteiger partial charge in [0.05, 0.1) is 12.7 Å². The van der Waals surface area contributed by atoms with E-state index >= 15 is 0 Å². The Bertz CT molecular complexity index is 502. The molecule has 7 nitrogen and oxygen atoms in total. The number of amides is 1. The highest BCUT2D eigenvalue weighted by Gasteiger charge is 2.18. The number of amidine groups is 1. The molecule has 0 saturated carbocycles. The molecule has 0 aliphatic heterocycles. The van der Waals surface area contributed by atoms with Gasteiger partial charge in [-0.05, 0) is 19.1 Å². The largest absolute Gasteiger partial charge is 0.507 e. The molecule has 0 saturated heterocycles. The van der Waals surface area contributed by atoms with Gasteiger partial charge in [-0.1, -0.05) is 5.16 Å². The van der Waals surface area contributed by atoms with Gasteiger partial charge in [-0.2, -0.15) is 0 Å². The Hall–Kier alpha value is -2.44. The summed E-state index contributed by atoms with van der Waals surface area (Å²) < 4.78 is 4.97. The molecule has 0 spiro atoms. The van der Waals surface area contributed by atoms with Crippen LogP contribution in [0, 0.1) is 0 Å². The van der Waals surface area contributed by atoms with Crippen molar-refractivity contribution in [2.75, 3.05) is 20.2 Å². The number of carbonyl (C=O) groups is 1. The summed E-state index contributed by atoms with van der Waals surface area (Å²) >= 11 is 0. The summed E-state index contributed by atoms with van der Waals surface area (Å²) in [6, 6.07) is 4.48. The van der Waals surface area contributed by atoms with E-state index in [-0.39, 0.29) is 29.5 Å². The number of rotatable bonds is 6. The quantitative estimate of drug-likeness (QED) is 0.312. The van der Waals surface area contributed by atoms with Gasteiger partial charge in [0.2, 0.25) is 0 Å². The number of aromatic hydroxyl groups is 1. The minimum absolute atomic E-state index is 0.0511. The Morgan fingerprint density at radius 2 is 2.20 bits per heavy atom. The maximum absolute atomic E-state index is 12.3. The van der Waals surface area contributed by atoms with Crippen LogP contribution in [0.25, 0.3) is 0 Å². The molecule has 0 heterocycles. The number of hydrogen-bond acceptors (Lipinski definition) is 5. The van der Waals surface area contributed by atoms with Crippen molar-refractivity contribution in [1.29, 1.82) is 0 Å². The first kappa shape index (κ1) is 15.6. The van der Waals surface area contributed by atoms with E-state index in [0.717, 1.165) is 0 Å². The molecule has 0 bridgehead atoms. The predicted octanol–water partition coefficient (Wildman–Crippen LogP) is 0.999. The van der Waals surface area contributed by atoms with Gasteiger partial charge in [0.1, 0.15) is 17.3 Å². The Morgan fingerprint density at radius 3 is 2.70 bits per heavy atom. The predicted molar refractivity (Wildman–Crippen MR) is 74.3 cm³/mol. The highest BCUT2D eigenvalue weighted by Crippen LogP contribution is 2.24. The van der Waals surface area contributed by atoms with Gasteiger partial charge in [0.25, 0.3) is 5.91 Å². The van der Waals surface area contributed by atoms with Crippen LogP contribution in [0.3, 0.4) is 0 Å². The van der Waals surface area contributed by atoms with E-state index in [4.69, 9.17) is 15.7 Å².